The first-order chi connectivity index (χ1) is 7.58. The molecule has 0 fully saturated rings. The van der Waals surface area contributed by atoms with E-state index in [4.69, 9.17) is 4.74 Å². The van der Waals surface area contributed by atoms with Crippen LogP contribution in [0, 0.1) is 0 Å². The van der Waals surface area contributed by atoms with Crippen LogP contribution in [0.25, 0.3) is 0 Å². The predicted molar refractivity (Wildman–Crippen MR) is 62.6 cm³/mol. The van der Waals surface area contributed by atoms with Gasteiger partial charge in [0.2, 0.25) is 0 Å². The number of benzene rings is 1. The van der Waals surface area contributed by atoms with Crippen LogP contribution in [-0.4, -0.2) is 29.8 Å². The lowest BCUT2D eigenvalue weighted by molar-refractivity contribution is -0.143. The maximum absolute atomic E-state index is 11.2. The molecule has 0 saturated heterocycles. The van der Waals surface area contributed by atoms with Crippen molar-refractivity contribution in [3.8, 4) is 0 Å². The molecule has 4 nitrogen and oxygen atoms in total. The smallest absolute Gasteiger partial charge is 0.331 e. The zero-order valence-electron chi connectivity index (χ0n) is 9.56. The molecule has 0 amide bonds. The molecule has 0 aliphatic rings. The second-order valence-electron chi connectivity index (χ2n) is 3.77. The summed E-state index contributed by atoms with van der Waals surface area (Å²) in [5.41, 5.74) is -0.329. The van der Waals surface area contributed by atoms with E-state index in [1.807, 2.05) is 37.3 Å². The predicted octanol–water partition coefficient (Wildman–Crippen LogP) is 1.98. The third kappa shape index (κ3) is 3.24. The number of carboxylic acid groups (broad SMARTS) is 1. The molecule has 1 atom stereocenters. The van der Waals surface area contributed by atoms with Gasteiger partial charge in [-0.2, -0.15) is 0 Å². The van der Waals surface area contributed by atoms with E-state index >= 15 is 0 Å². The molecular weight excluding hydrogens is 206 g/mol. The summed E-state index contributed by atoms with van der Waals surface area (Å²) in [6.07, 6.45) is 0. The van der Waals surface area contributed by atoms with Gasteiger partial charge in [0.15, 0.2) is 5.54 Å². The van der Waals surface area contributed by atoms with Crippen LogP contribution in [0.1, 0.15) is 13.8 Å². The van der Waals surface area contributed by atoms with Crippen molar-refractivity contribution in [3.63, 3.8) is 0 Å². The van der Waals surface area contributed by atoms with E-state index in [9.17, 15) is 9.90 Å². The Kier molecular flexibility index (Phi) is 4.31. The van der Waals surface area contributed by atoms with E-state index in [0.717, 1.165) is 5.69 Å². The average molecular weight is 223 g/mol. The molecule has 0 heterocycles. The first-order valence-corrected chi connectivity index (χ1v) is 5.23. The third-order valence-corrected chi connectivity index (χ3v) is 2.26. The number of hydrogen-bond acceptors (Lipinski definition) is 3. The standard InChI is InChI=1S/C12H17NO3/c1-3-16-9-12(2,11(14)15)13-10-7-5-4-6-8-10/h4-8,13H,3,9H2,1-2H3,(H,14,15). The zero-order chi connectivity index (χ0) is 12.0. The summed E-state index contributed by atoms with van der Waals surface area (Å²) in [5, 5.41) is 12.1. The SMILES string of the molecule is CCOCC(C)(Nc1ccccc1)C(=O)O. The van der Waals surface area contributed by atoms with Gasteiger partial charge >= 0.3 is 5.97 Å². The number of carboxylic acids is 1. The van der Waals surface area contributed by atoms with Crippen molar-refractivity contribution >= 4 is 11.7 Å². The first kappa shape index (κ1) is 12.5. The number of ether oxygens (including phenoxy) is 1. The minimum Gasteiger partial charge on any atom is -0.479 e. The number of para-hydroxylation sites is 1. The Balaban J connectivity index is 2.75. The van der Waals surface area contributed by atoms with Crippen LogP contribution in [0.5, 0.6) is 0 Å². The van der Waals surface area contributed by atoms with Crippen LogP contribution in [0.2, 0.25) is 0 Å². The highest BCUT2D eigenvalue weighted by atomic mass is 16.5. The third-order valence-electron chi connectivity index (χ3n) is 2.26. The van der Waals surface area contributed by atoms with E-state index in [0.29, 0.717) is 6.61 Å². The second-order valence-corrected chi connectivity index (χ2v) is 3.77. The van der Waals surface area contributed by atoms with E-state index in [1.54, 1.807) is 6.92 Å². The van der Waals surface area contributed by atoms with Crippen molar-refractivity contribution in [2.75, 3.05) is 18.5 Å². The average Bonchev–Trinajstić information content (AvgIpc) is 2.27. The molecule has 16 heavy (non-hydrogen) atoms. The normalized spacial score (nSPS) is 14.1. The molecule has 4 heteroatoms. The zero-order valence-corrected chi connectivity index (χ0v) is 9.56. The molecule has 2 N–H and O–H groups in total. The minimum absolute atomic E-state index is 0.133. The van der Waals surface area contributed by atoms with Crippen LogP contribution in [0.4, 0.5) is 5.69 Å². The highest BCUT2D eigenvalue weighted by molar-refractivity contribution is 5.82. The Morgan fingerprint density at radius 3 is 2.56 bits per heavy atom. The van der Waals surface area contributed by atoms with Crippen LogP contribution in [-0.2, 0) is 9.53 Å². The van der Waals surface area contributed by atoms with Crippen LogP contribution in [0.3, 0.4) is 0 Å². The van der Waals surface area contributed by atoms with Crippen molar-refractivity contribution in [2.45, 2.75) is 19.4 Å². The number of aliphatic carboxylic acids is 1. The molecular formula is C12H17NO3. The summed E-state index contributed by atoms with van der Waals surface area (Å²) >= 11 is 0. The van der Waals surface area contributed by atoms with E-state index in [2.05, 4.69) is 5.32 Å². The van der Waals surface area contributed by atoms with Crippen LogP contribution < -0.4 is 5.32 Å². The van der Waals surface area contributed by atoms with E-state index < -0.39 is 11.5 Å². The summed E-state index contributed by atoms with van der Waals surface area (Å²) in [7, 11) is 0. The molecule has 0 aliphatic heterocycles. The lowest BCUT2D eigenvalue weighted by atomic mass is 10.0. The fourth-order valence-electron chi connectivity index (χ4n) is 1.30. The van der Waals surface area contributed by atoms with Crippen LogP contribution in [0.15, 0.2) is 30.3 Å². The molecule has 0 radical (unpaired) electrons. The molecule has 0 saturated carbocycles. The first-order valence-electron chi connectivity index (χ1n) is 5.23. The molecule has 88 valence electrons. The van der Waals surface area contributed by atoms with Crippen molar-refractivity contribution in [3.05, 3.63) is 30.3 Å². The Hall–Kier alpha value is -1.55. The summed E-state index contributed by atoms with van der Waals surface area (Å²) in [6, 6.07) is 9.24. The molecule has 0 bridgehead atoms. The molecule has 1 aromatic carbocycles. The highest BCUT2D eigenvalue weighted by Crippen LogP contribution is 2.15. The summed E-state index contributed by atoms with van der Waals surface area (Å²) in [6.45, 7) is 4.08. The van der Waals surface area contributed by atoms with Gasteiger partial charge in [-0.25, -0.2) is 4.79 Å². The largest absolute Gasteiger partial charge is 0.479 e. The Morgan fingerprint density at radius 1 is 1.44 bits per heavy atom. The number of hydrogen-bond donors (Lipinski definition) is 2. The van der Waals surface area contributed by atoms with Gasteiger partial charge in [-0.3, -0.25) is 0 Å². The molecule has 1 aromatic rings. The van der Waals surface area contributed by atoms with Gasteiger partial charge in [0.1, 0.15) is 0 Å². The molecule has 0 aromatic heterocycles. The quantitative estimate of drug-likeness (QED) is 0.774. The fraction of sp³-hybridized carbons (Fsp3) is 0.417. The maximum Gasteiger partial charge on any atom is 0.331 e. The second kappa shape index (κ2) is 5.51. The van der Waals surface area contributed by atoms with Crippen LogP contribution >= 0.6 is 0 Å². The lowest BCUT2D eigenvalue weighted by Crippen LogP contribution is -2.47. The van der Waals surface area contributed by atoms with Crippen molar-refractivity contribution in [2.24, 2.45) is 0 Å². The van der Waals surface area contributed by atoms with Gasteiger partial charge in [0.25, 0.3) is 0 Å². The summed E-state index contributed by atoms with van der Waals surface area (Å²) < 4.78 is 5.19. The molecule has 0 spiro atoms. The monoisotopic (exact) mass is 223 g/mol. The maximum atomic E-state index is 11.2. The lowest BCUT2D eigenvalue weighted by Gasteiger charge is -2.26. The van der Waals surface area contributed by atoms with Crippen molar-refractivity contribution < 1.29 is 14.6 Å². The number of anilines is 1. The van der Waals surface area contributed by atoms with Gasteiger partial charge in [0.05, 0.1) is 6.61 Å². The van der Waals surface area contributed by atoms with E-state index in [-0.39, 0.29) is 6.61 Å². The molecule has 1 rings (SSSR count). The van der Waals surface area contributed by atoms with Gasteiger partial charge in [-0.15, -0.1) is 0 Å². The topological polar surface area (TPSA) is 58.6 Å². The van der Waals surface area contributed by atoms with Crippen molar-refractivity contribution in [1.82, 2.24) is 0 Å². The summed E-state index contributed by atoms with van der Waals surface area (Å²) in [4.78, 5) is 11.2. The molecule has 0 aliphatic carbocycles. The molecule has 1 unspecified atom stereocenters. The fourth-order valence-corrected chi connectivity index (χ4v) is 1.30. The number of rotatable bonds is 6. The minimum atomic E-state index is -1.10. The Morgan fingerprint density at radius 2 is 2.06 bits per heavy atom. The van der Waals surface area contributed by atoms with Gasteiger partial charge < -0.3 is 15.2 Å². The number of nitrogens with one attached hydrogen (secondary N) is 1. The van der Waals surface area contributed by atoms with E-state index in [1.165, 1.54) is 0 Å². The number of carbonyl (C=O) groups is 1. The van der Waals surface area contributed by atoms with Gasteiger partial charge in [-0.1, -0.05) is 18.2 Å². The highest BCUT2D eigenvalue weighted by Gasteiger charge is 2.33. The van der Waals surface area contributed by atoms with Gasteiger partial charge in [0, 0.05) is 12.3 Å². The van der Waals surface area contributed by atoms with Gasteiger partial charge in [-0.05, 0) is 26.0 Å². The van der Waals surface area contributed by atoms with Crippen molar-refractivity contribution in [1.29, 1.82) is 0 Å². The Labute approximate surface area is 95.2 Å². The summed E-state index contributed by atoms with van der Waals surface area (Å²) in [5.74, 6) is -0.926. The Bertz CT molecular complexity index is 339.